The second kappa shape index (κ2) is 6.39. The Morgan fingerprint density at radius 3 is 2.74 bits per heavy atom. The number of aromatic nitrogens is 1. The summed E-state index contributed by atoms with van der Waals surface area (Å²) in [6, 6.07) is 10.4. The van der Waals surface area contributed by atoms with Crippen molar-refractivity contribution >= 4 is 11.7 Å². The molecule has 0 atom stereocenters. The first kappa shape index (κ1) is 12.9. The molecule has 0 fully saturated rings. The van der Waals surface area contributed by atoms with Crippen molar-refractivity contribution in [1.29, 1.82) is 0 Å². The molecule has 0 spiro atoms. The zero-order valence-electron chi connectivity index (χ0n) is 10.3. The third kappa shape index (κ3) is 4.31. The van der Waals surface area contributed by atoms with Gasteiger partial charge in [-0.15, -0.1) is 0 Å². The molecule has 0 unspecified atom stereocenters. The van der Waals surface area contributed by atoms with E-state index in [1.165, 1.54) is 0 Å². The van der Waals surface area contributed by atoms with Crippen LogP contribution in [0.4, 0.5) is 5.69 Å². The van der Waals surface area contributed by atoms with Gasteiger partial charge in [0.1, 0.15) is 12.4 Å². The fraction of sp³-hybridized carbons (Fsp3) is 0.143. The summed E-state index contributed by atoms with van der Waals surface area (Å²) in [5.74, 6) is 0.111. The molecule has 5 heteroatoms. The van der Waals surface area contributed by atoms with Crippen molar-refractivity contribution in [1.82, 2.24) is 4.98 Å². The number of benzene rings is 1. The molecule has 1 aromatic carbocycles. The van der Waals surface area contributed by atoms with Crippen LogP contribution in [0.5, 0.6) is 5.75 Å². The zero-order chi connectivity index (χ0) is 13.5. The first-order valence-electron chi connectivity index (χ1n) is 5.77. The lowest BCUT2D eigenvalue weighted by Crippen LogP contribution is -2.14. The molecule has 1 aromatic heterocycles. The van der Waals surface area contributed by atoms with Crippen LogP contribution >= 0.6 is 0 Å². The van der Waals surface area contributed by atoms with Crippen molar-refractivity contribution in [3.8, 4) is 5.75 Å². The first-order chi connectivity index (χ1) is 9.24. The summed E-state index contributed by atoms with van der Waals surface area (Å²) in [6.07, 6.45) is 3.29. The molecule has 0 saturated heterocycles. The number of nitrogens with two attached hydrogens (primary N) is 1. The molecule has 0 bridgehead atoms. The van der Waals surface area contributed by atoms with E-state index < -0.39 is 5.97 Å². The molecule has 2 rings (SSSR count). The summed E-state index contributed by atoms with van der Waals surface area (Å²) < 4.78 is 10.3. The van der Waals surface area contributed by atoms with Crippen LogP contribution < -0.4 is 10.5 Å². The van der Waals surface area contributed by atoms with Gasteiger partial charge >= 0.3 is 5.97 Å². The SMILES string of the molecule is Nc1cccc(OCC(=O)OCc2ccncc2)c1. The Morgan fingerprint density at radius 1 is 1.21 bits per heavy atom. The predicted octanol–water partition coefficient (Wildman–Crippen LogP) is 1.79. The summed E-state index contributed by atoms with van der Waals surface area (Å²) >= 11 is 0. The first-order valence-corrected chi connectivity index (χ1v) is 5.77. The van der Waals surface area contributed by atoms with Crippen molar-refractivity contribution in [3.05, 3.63) is 54.4 Å². The van der Waals surface area contributed by atoms with Crippen LogP contribution in [0.2, 0.25) is 0 Å². The Morgan fingerprint density at radius 2 is 2.00 bits per heavy atom. The second-order valence-electron chi connectivity index (χ2n) is 3.88. The molecule has 19 heavy (non-hydrogen) atoms. The average molecular weight is 258 g/mol. The highest BCUT2D eigenvalue weighted by atomic mass is 16.6. The Labute approximate surface area is 111 Å². The van der Waals surface area contributed by atoms with E-state index in [1.54, 1.807) is 48.8 Å². The van der Waals surface area contributed by atoms with Gasteiger partial charge in [0, 0.05) is 24.1 Å². The van der Waals surface area contributed by atoms with Gasteiger partial charge in [0.05, 0.1) is 0 Å². The van der Waals surface area contributed by atoms with Crippen LogP contribution in [0.25, 0.3) is 0 Å². The Kier molecular flexibility index (Phi) is 4.34. The van der Waals surface area contributed by atoms with E-state index in [4.69, 9.17) is 15.2 Å². The molecular formula is C14H14N2O3. The number of carbonyl (C=O) groups is 1. The monoisotopic (exact) mass is 258 g/mol. The topological polar surface area (TPSA) is 74.4 Å². The predicted molar refractivity (Wildman–Crippen MR) is 70.4 cm³/mol. The van der Waals surface area contributed by atoms with Crippen molar-refractivity contribution in [2.45, 2.75) is 6.61 Å². The Hall–Kier alpha value is -2.56. The van der Waals surface area contributed by atoms with Gasteiger partial charge in [-0.25, -0.2) is 4.79 Å². The molecule has 0 aliphatic rings. The van der Waals surface area contributed by atoms with E-state index in [2.05, 4.69) is 4.98 Å². The lowest BCUT2D eigenvalue weighted by atomic mass is 10.3. The minimum Gasteiger partial charge on any atom is -0.482 e. The Bertz CT molecular complexity index is 543. The molecule has 0 saturated carbocycles. The number of hydrogen-bond acceptors (Lipinski definition) is 5. The minimum absolute atomic E-state index is 0.144. The molecule has 1 heterocycles. The van der Waals surface area contributed by atoms with E-state index in [-0.39, 0.29) is 13.2 Å². The van der Waals surface area contributed by atoms with Crippen LogP contribution in [0.15, 0.2) is 48.8 Å². The smallest absolute Gasteiger partial charge is 0.344 e. The number of esters is 1. The highest BCUT2D eigenvalue weighted by Gasteiger charge is 2.05. The molecule has 5 nitrogen and oxygen atoms in total. The number of rotatable bonds is 5. The fourth-order valence-electron chi connectivity index (χ4n) is 1.43. The summed E-state index contributed by atoms with van der Waals surface area (Å²) in [7, 11) is 0. The average Bonchev–Trinajstić information content (AvgIpc) is 2.44. The van der Waals surface area contributed by atoms with E-state index in [9.17, 15) is 4.79 Å². The molecule has 2 aromatic rings. The zero-order valence-corrected chi connectivity index (χ0v) is 10.3. The quantitative estimate of drug-likeness (QED) is 0.653. The summed E-state index contributed by atoms with van der Waals surface area (Å²) in [6.45, 7) is 0.0657. The molecule has 0 aliphatic carbocycles. The van der Waals surface area contributed by atoms with E-state index in [0.29, 0.717) is 11.4 Å². The van der Waals surface area contributed by atoms with Crippen LogP contribution in [-0.2, 0) is 16.1 Å². The molecule has 0 amide bonds. The standard InChI is InChI=1S/C14H14N2O3/c15-12-2-1-3-13(8-12)18-10-14(17)19-9-11-4-6-16-7-5-11/h1-8H,9-10,15H2. The van der Waals surface area contributed by atoms with Crippen LogP contribution in [0.1, 0.15) is 5.56 Å². The summed E-state index contributed by atoms with van der Waals surface area (Å²) in [5, 5.41) is 0. The molecule has 2 N–H and O–H groups in total. The normalized spacial score (nSPS) is 9.89. The lowest BCUT2D eigenvalue weighted by Gasteiger charge is -2.07. The number of pyridine rings is 1. The van der Waals surface area contributed by atoms with Crippen molar-refractivity contribution in [2.75, 3.05) is 12.3 Å². The van der Waals surface area contributed by atoms with E-state index in [0.717, 1.165) is 5.56 Å². The number of carbonyl (C=O) groups excluding carboxylic acids is 1. The van der Waals surface area contributed by atoms with Crippen LogP contribution in [-0.4, -0.2) is 17.6 Å². The van der Waals surface area contributed by atoms with Gasteiger partial charge in [-0.3, -0.25) is 4.98 Å². The summed E-state index contributed by atoms with van der Waals surface area (Å²) in [5.41, 5.74) is 7.07. The highest BCUT2D eigenvalue weighted by Crippen LogP contribution is 2.14. The maximum absolute atomic E-state index is 11.5. The van der Waals surface area contributed by atoms with Gasteiger partial charge in [0.15, 0.2) is 6.61 Å². The third-order valence-corrected chi connectivity index (χ3v) is 2.36. The van der Waals surface area contributed by atoms with Crippen molar-refractivity contribution in [3.63, 3.8) is 0 Å². The maximum Gasteiger partial charge on any atom is 0.344 e. The van der Waals surface area contributed by atoms with E-state index in [1.807, 2.05) is 0 Å². The van der Waals surface area contributed by atoms with Gasteiger partial charge in [-0.1, -0.05) is 6.07 Å². The number of nitrogen functional groups attached to an aromatic ring is 1. The van der Waals surface area contributed by atoms with Gasteiger partial charge in [0.2, 0.25) is 0 Å². The maximum atomic E-state index is 11.5. The van der Waals surface area contributed by atoms with Crippen molar-refractivity contribution in [2.24, 2.45) is 0 Å². The Balaban J connectivity index is 1.76. The molecule has 0 radical (unpaired) electrons. The number of nitrogens with zero attached hydrogens (tertiary/aromatic N) is 1. The van der Waals surface area contributed by atoms with Crippen LogP contribution in [0.3, 0.4) is 0 Å². The van der Waals surface area contributed by atoms with Crippen molar-refractivity contribution < 1.29 is 14.3 Å². The molecule has 0 aliphatic heterocycles. The van der Waals surface area contributed by atoms with Gasteiger partial charge in [-0.05, 0) is 29.8 Å². The van der Waals surface area contributed by atoms with Gasteiger partial charge < -0.3 is 15.2 Å². The third-order valence-electron chi connectivity index (χ3n) is 2.36. The number of hydrogen-bond donors (Lipinski definition) is 1. The van der Waals surface area contributed by atoms with Crippen LogP contribution in [0, 0.1) is 0 Å². The fourth-order valence-corrected chi connectivity index (χ4v) is 1.43. The lowest BCUT2D eigenvalue weighted by molar-refractivity contribution is -0.147. The minimum atomic E-state index is -0.431. The second-order valence-corrected chi connectivity index (χ2v) is 3.88. The molecule has 98 valence electrons. The molecular weight excluding hydrogens is 244 g/mol. The van der Waals surface area contributed by atoms with Gasteiger partial charge in [-0.2, -0.15) is 0 Å². The largest absolute Gasteiger partial charge is 0.482 e. The summed E-state index contributed by atoms with van der Waals surface area (Å²) in [4.78, 5) is 15.4. The number of ether oxygens (including phenoxy) is 2. The van der Waals surface area contributed by atoms with E-state index >= 15 is 0 Å². The number of anilines is 1. The van der Waals surface area contributed by atoms with Gasteiger partial charge in [0.25, 0.3) is 0 Å². The highest BCUT2D eigenvalue weighted by molar-refractivity contribution is 5.71.